The molecule has 2 heterocycles. The molecule has 0 aromatic heterocycles. The number of nitrogens with zero attached hydrogens (tertiary/aromatic N) is 1. The molecule has 1 amide bonds. The molecule has 12 heteroatoms. The van der Waals surface area contributed by atoms with Gasteiger partial charge in [0.15, 0.2) is 29.6 Å². The molecule has 258 valence electrons. The van der Waals surface area contributed by atoms with Crippen molar-refractivity contribution < 1.29 is 46.4 Å². The maximum atomic E-state index is 14.1. The van der Waals surface area contributed by atoms with Crippen molar-refractivity contribution in [2.45, 2.75) is 57.0 Å². The van der Waals surface area contributed by atoms with E-state index >= 15 is 0 Å². The molecule has 0 unspecified atom stereocenters. The second-order valence-electron chi connectivity index (χ2n) is 12.3. The van der Waals surface area contributed by atoms with Crippen LogP contribution in [0, 0.1) is 29.1 Å². The lowest BCUT2D eigenvalue weighted by molar-refractivity contribution is -0.253. The van der Waals surface area contributed by atoms with Crippen LogP contribution in [0.5, 0.6) is 0 Å². The van der Waals surface area contributed by atoms with Crippen molar-refractivity contribution in [1.29, 1.82) is 0 Å². The normalized spacial score (nSPS) is 21.2. The van der Waals surface area contributed by atoms with Crippen LogP contribution in [0.15, 0.2) is 72.8 Å². The number of nitrogens with one attached hydrogen (secondary N) is 1. The van der Waals surface area contributed by atoms with Crippen molar-refractivity contribution in [2.75, 3.05) is 19.7 Å². The average molecular weight is 683 g/mol. The van der Waals surface area contributed by atoms with Gasteiger partial charge in [0.2, 0.25) is 5.82 Å². The van der Waals surface area contributed by atoms with E-state index in [0.717, 1.165) is 47.2 Å². The van der Waals surface area contributed by atoms with Gasteiger partial charge in [-0.25, -0.2) is 22.0 Å². The lowest BCUT2D eigenvalue weighted by atomic mass is 9.98. The summed E-state index contributed by atoms with van der Waals surface area (Å²) in [6, 6.07) is 22.1. The highest BCUT2D eigenvalue weighted by molar-refractivity contribution is 5.94. The molecule has 4 aromatic carbocycles. The van der Waals surface area contributed by atoms with Crippen molar-refractivity contribution in [3.63, 3.8) is 0 Å². The summed E-state index contributed by atoms with van der Waals surface area (Å²) in [5.74, 6) is -12.6. The molecule has 49 heavy (non-hydrogen) atoms. The molecule has 0 bridgehead atoms. The standard InChI is InChI=1S/C37H35F5N2O5/c38-31-30(32(39)34(41)35(42)33(31)40)36(47)43-17-22-4-1-5-24(14-22)25-6-2-7-26(15-25)37-48-28(18-44-13-3-8-27(44)20-46)16-29(49-37)23-11-9-21(19-45)10-12-23/h1-2,4-7,9-12,14-15,27-29,37,45-46H,3,8,13,16-20H2,(H,43,47)/t27-,28+,29-,37-/m0/s1. The highest BCUT2D eigenvalue weighted by atomic mass is 19.2. The van der Waals surface area contributed by atoms with E-state index in [1.807, 2.05) is 54.6 Å². The maximum absolute atomic E-state index is 14.1. The first kappa shape index (κ1) is 34.7. The number of amides is 1. The number of rotatable bonds is 10. The number of ether oxygens (including phenoxy) is 2. The van der Waals surface area contributed by atoms with Gasteiger partial charge in [-0.05, 0) is 59.3 Å². The van der Waals surface area contributed by atoms with E-state index in [2.05, 4.69) is 10.2 Å². The van der Waals surface area contributed by atoms with Crippen molar-refractivity contribution in [1.82, 2.24) is 10.2 Å². The third kappa shape index (κ3) is 7.53. The monoisotopic (exact) mass is 682 g/mol. The predicted octanol–water partition coefficient (Wildman–Crippen LogP) is 6.47. The molecule has 4 atom stereocenters. The second-order valence-corrected chi connectivity index (χ2v) is 12.3. The molecule has 2 aliphatic heterocycles. The van der Waals surface area contributed by atoms with Gasteiger partial charge in [-0.2, -0.15) is 0 Å². The van der Waals surface area contributed by atoms with Crippen LogP contribution in [0.4, 0.5) is 22.0 Å². The molecule has 7 nitrogen and oxygen atoms in total. The summed E-state index contributed by atoms with van der Waals surface area (Å²) in [5, 5.41) is 21.6. The van der Waals surface area contributed by atoms with Crippen LogP contribution >= 0.6 is 0 Å². The SMILES string of the molecule is O=C(NCc1cccc(-c2cccc([C@H]3O[C@@H](CN4CCC[C@H]4CO)C[C@@H](c4ccc(CO)cc4)O3)c2)c1)c1c(F)c(F)c(F)c(F)c1F. The van der Waals surface area contributed by atoms with Gasteiger partial charge in [-0.1, -0.05) is 60.7 Å². The van der Waals surface area contributed by atoms with E-state index < -0.39 is 46.8 Å². The summed E-state index contributed by atoms with van der Waals surface area (Å²) in [5.41, 5.74) is 2.97. The molecule has 0 aliphatic carbocycles. The Labute approximate surface area is 279 Å². The van der Waals surface area contributed by atoms with Crippen molar-refractivity contribution >= 4 is 5.91 Å². The van der Waals surface area contributed by atoms with E-state index in [1.54, 1.807) is 18.2 Å². The quantitative estimate of drug-likeness (QED) is 0.101. The van der Waals surface area contributed by atoms with E-state index in [0.29, 0.717) is 18.5 Å². The molecule has 4 aromatic rings. The van der Waals surface area contributed by atoms with Crippen molar-refractivity contribution in [3.8, 4) is 11.1 Å². The smallest absolute Gasteiger partial charge is 0.257 e. The molecule has 0 saturated carbocycles. The van der Waals surface area contributed by atoms with Gasteiger partial charge < -0.3 is 25.0 Å². The number of aliphatic hydroxyl groups is 2. The lowest BCUT2D eigenvalue weighted by Gasteiger charge is -2.38. The van der Waals surface area contributed by atoms with Gasteiger partial charge in [0.25, 0.3) is 5.91 Å². The van der Waals surface area contributed by atoms with Crippen LogP contribution < -0.4 is 5.32 Å². The molecule has 3 N–H and O–H groups in total. The number of carbonyl (C=O) groups is 1. The van der Waals surface area contributed by atoms with E-state index in [4.69, 9.17) is 9.47 Å². The fourth-order valence-corrected chi connectivity index (χ4v) is 6.44. The fraction of sp³-hybridized carbons (Fsp3) is 0.324. The van der Waals surface area contributed by atoms with Crippen molar-refractivity contribution in [3.05, 3.63) is 130 Å². The number of hydrogen-bond acceptors (Lipinski definition) is 6. The van der Waals surface area contributed by atoms with Gasteiger partial charge in [-0.3, -0.25) is 9.69 Å². The first-order valence-corrected chi connectivity index (χ1v) is 16.0. The number of benzene rings is 4. The minimum atomic E-state index is -2.34. The van der Waals surface area contributed by atoms with Crippen LogP contribution in [0.2, 0.25) is 0 Å². The first-order valence-electron chi connectivity index (χ1n) is 16.0. The van der Waals surface area contributed by atoms with Crippen LogP contribution in [0.1, 0.15) is 64.3 Å². The Bertz CT molecular complexity index is 1780. The van der Waals surface area contributed by atoms with Gasteiger partial charge in [0, 0.05) is 31.1 Å². The summed E-state index contributed by atoms with van der Waals surface area (Å²) in [6.07, 6.45) is 1.33. The summed E-state index contributed by atoms with van der Waals surface area (Å²) >= 11 is 0. The number of carbonyl (C=O) groups excluding carboxylic acids is 1. The number of aliphatic hydroxyl groups excluding tert-OH is 2. The number of hydrogen-bond donors (Lipinski definition) is 3. The lowest BCUT2D eigenvalue weighted by Crippen LogP contribution is -2.42. The molecular weight excluding hydrogens is 647 g/mol. The minimum absolute atomic E-state index is 0.0661. The number of halogens is 5. The highest BCUT2D eigenvalue weighted by Crippen LogP contribution is 2.39. The number of likely N-dealkylation sites (tertiary alicyclic amines) is 1. The molecule has 0 radical (unpaired) electrons. The Morgan fingerprint density at radius 2 is 1.47 bits per heavy atom. The summed E-state index contributed by atoms with van der Waals surface area (Å²) in [6.45, 7) is 1.28. The van der Waals surface area contributed by atoms with Gasteiger partial charge in [0.1, 0.15) is 5.56 Å². The average Bonchev–Trinajstić information content (AvgIpc) is 3.59. The Kier molecular flexibility index (Phi) is 10.7. The summed E-state index contributed by atoms with van der Waals surface area (Å²) < 4.78 is 82.0. The zero-order valence-corrected chi connectivity index (χ0v) is 26.4. The van der Waals surface area contributed by atoms with E-state index in [9.17, 15) is 37.0 Å². The van der Waals surface area contributed by atoms with E-state index in [1.165, 1.54) is 0 Å². The Morgan fingerprint density at radius 1 is 0.796 bits per heavy atom. The van der Waals surface area contributed by atoms with Crippen LogP contribution in [0.3, 0.4) is 0 Å². The largest absolute Gasteiger partial charge is 0.395 e. The molecule has 0 spiro atoms. The second kappa shape index (κ2) is 15.1. The molecule has 2 saturated heterocycles. The Hall–Kier alpha value is -4.20. The fourth-order valence-electron chi connectivity index (χ4n) is 6.44. The summed E-state index contributed by atoms with van der Waals surface area (Å²) in [4.78, 5) is 14.7. The zero-order chi connectivity index (χ0) is 34.7. The van der Waals surface area contributed by atoms with Crippen molar-refractivity contribution in [2.24, 2.45) is 0 Å². The van der Waals surface area contributed by atoms with Crippen LogP contribution in [-0.4, -0.2) is 52.9 Å². The highest BCUT2D eigenvalue weighted by Gasteiger charge is 2.35. The molecule has 2 fully saturated rings. The Morgan fingerprint density at radius 3 is 2.16 bits per heavy atom. The summed E-state index contributed by atoms with van der Waals surface area (Å²) in [7, 11) is 0. The van der Waals surface area contributed by atoms with Gasteiger partial charge in [0.05, 0.1) is 25.4 Å². The van der Waals surface area contributed by atoms with E-state index in [-0.39, 0.29) is 38.0 Å². The van der Waals surface area contributed by atoms with Gasteiger partial charge >= 0.3 is 0 Å². The van der Waals surface area contributed by atoms with Crippen LogP contribution in [0.25, 0.3) is 11.1 Å². The van der Waals surface area contributed by atoms with Crippen LogP contribution in [-0.2, 0) is 22.6 Å². The topological polar surface area (TPSA) is 91.3 Å². The Balaban J connectivity index is 1.21. The zero-order valence-electron chi connectivity index (χ0n) is 26.4. The molecule has 6 rings (SSSR count). The first-order chi connectivity index (χ1) is 23.7. The minimum Gasteiger partial charge on any atom is -0.395 e. The van der Waals surface area contributed by atoms with Gasteiger partial charge in [-0.15, -0.1) is 0 Å². The third-order valence-electron chi connectivity index (χ3n) is 9.07. The third-order valence-corrected chi connectivity index (χ3v) is 9.07. The predicted molar refractivity (Wildman–Crippen MR) is 169 cm³/mol. The molecular formula is C37H35F5N2O5. The maximum Gasteiger partial charge on any atom is 0.257 e. The molecule has 2 aliphatic rings.